The number of rotatable bonds is 2. The van der Waals surface area contributed by atoms with Crippen LogP contribution in [0.1, 0.15) is 5.56 Å². The molecule has 5 heteroatoms. The number of benzene rings is 1. The third-order valence-electron chi connectivity index (χ3n) is 2.14. The van der Waals surface area contributed by atoms with Gasteiger partial charge >= 0.3 is 0 Å². The Morgan fingerprint density at radius 2 is 1.94 bits per heavy atom. The van der Waals surface area contributed by atoms with Gasteiger partial charge in [0.25, 0.3) is 0 Å². The molecule has 0 saturated heterocycles. The highest BCUT2D eigenvalue weighted by Crippen LogP contribution is 2.24. The summed E-state index contributed by atoms with van der Waals surface area (Å²) in [6, 6.07) is 5.04. The van der Waals surface area contributed by atoms with Crippen LogP contribution in [0.4, 0.5) is 8.78 Å². The Morgan fingerprint density at radius 1 is 1.18 bits per heavy atom. The van der Waals surface area contributed by atoms with E-state index >= 15 is 0 Å². The summed E-state index contributed by atoms with van der Waals surface area (Å²) >= 11 is 3.31. The number of aryl methyl sites for hydroxylation is 1. The number of halogens is 3. The molecule has 0 fully saturated rings. The zero-order valence-corrected chi connectivity index (χ0v) is 10.5. The molecule has 0 aliphatic rings. The van der Waals surface area contributed by atoms with Gasteiger partial charge < -0.3 is 4.74 Å². The second-order valence-corrected chi connectivity index (χ2v) is 4.30. The van der Waals surface area contributed by atoms with Gasteiger partial charge in [0, 0.05) is 22.8 Å². The summed E-state index contributed by atoms with van der Waals surface area (Å²) in [5.74, 6) is -1.32. The Balaban J connectivity index is 2.25. The van der Waals surface area contributed by atoms with Crippen LogP contribution in [-0.4, -0.2) is 4.98 Å². The van der Waals surface area contributed by atoms with E-state index in [9.17, 15) is 8.78 Å². The number of pyridine rings is 1. The third kappa shape index (κ3) is 2.79. The molecule has 0 atom stereocenters. The van der Waals surface area contributed by atoms with E-state index in [1.807, 2.05) is 6.92 Å². The predicted molar refractivity (Wildman–Crippen MR) is 63.1 cm³/mol. The number of nitrogens with zero attached hydrogens (tertiary/aromatic N) is 1. The van der Waals surface area contributed by atoms with Crippen LogP contribution in [0, 0.1) is 18.6 Å². The van der Waals surface area contributed by atoms with Crippen molar-refractivity contribution in [2.45, 2.75) is 6.92 Å². The Labute approximate surface area is 105 Å². The van der Waals surface area contributed by atoms with Crippen LogP contribution in [0.15, 0.2) is 34.9 Å². The van der Waals surface area contributed by atoms with Gasteiger partial charge in [-0.15, -0.1) is 0 Å². The summed E-state index contributed by atoms with van der Waals surface area (Å²) in [6.45, 7) is 1.88. The number of hydrogen-bond acceptors (Lipinski definition) is 2. The summed E-state index contributed by atoms with van der Waals surface area (Å²) in [6.07, 6.45) is 1.59. The van der Waals surface area contributed by atoms with Crippen LogP contribution in [-0.2, 0) is 0 Å². The zero-order chi connectivity index (χ0) is 12.4. The maximum absolute atomic E-state index is 12.9. The molecule has 2 nitrogen and oxygen atoms in total. The first-order chi connectivity index (χ1) is 8.06. The molecule has 0 N–H and O–H groups in total. The van der Waals surface area contributed by atoms with Crippen molar-refractivity contribution in [3.63, 3.8) is 0 Å². The highest BCUT2D eigenvalue weighted by Gasteiger charge is 2.05. The second-order valence-electron chi connectivity index (χ2n) is 3.45. The largest absolute Gasteiger partial charge is 0.439 e. The maximum Gasteiger partial charge on any atom is 0.219 e. The predicted octanol–water partition coefficient (Wildman–Crippen LogP) is 4.22. The van der Waals surface area contributed by atoms with E-state index in [1.54, 1.807) is 12.3 Å². The highest BCUT2D eigenvalue weighted by atomic mass is 79.9. The zero-order valence-electron chi connectivity index (χ0n) is 8.88. The molecule has 17 heavy (non-hydrogen) atoms. The van der Waals surface area contributed by atoms with Gasteiger partial charge in [-0.3, -0.25) is 0 Å². The third-order valence-corrected chi connectivity index (χ3v) is 2.97. The molecule has 0 aliphatic carbocycles. The normalized spacial score (nSPS) is 10.4. The Bertz CT molecular complexity index is 511. The van der Waals surface area contributed by atoms with Crippen LogP contribution in [0.25, 0.3) is 0 Å². The van der Waals surface area contributed by atoms with E-state index in [4.69, 9.17) is 4.74 Å². The molecule has 2 rings (SSSR count). The average molecular weight is 300 g/mol. The minimum absolute atomic E-state index is 0.207. The fourth-order valence-electron chi connectivity index (χ4n) is 1.23. The van der Waals surface area contributed by atoms with Gasteiger partial charge in [-0.2, -0.15) is 0 Å². The summed E-state index contributed by atoms with van der Waals surface area (Å²) in [7, 11) is 0. The molecular formula is C12H8BrF2NO. The molecule has 0 spiro atoms. The first-order valence-corrected chi connectivity index (χ1v) is 5.60. The van der Waals surface area contributed by atoms with Crippen molar-refractivity contribution in [1.82, 2.24) is 4.98 Å². The maximum atomic E-state index is 12.9. The smallest absolute Gasteiger partial charge is 0.219 e. The van der Waals surface area contributed by atoms with E-state index < -0.39 is 11.6 Å². The van der Waals surface area contributed by atoms with Gasteiger partial charge in [-0.1, -0.05) is 0 Å². The number of aromatic nitrogens is 1. The van der Waals surface area contributed by atoms with Crippen molar-refractivity contribution in [2.75, 3.05) is 0 Å². The molecule has 0 bridgehead atoms. The first kappa shape index (κ1) is 12.0. The average Bonchev–Trinajstić information content (AvgIpc) is 2.29. The quantitative estimate of drug-likeness (QED) is 0.828. The number of hydrogen-bond donors (Lipinski definition) is 0. The highest BCUT2D eigenvalue weighted by molar-refractivity contribution is 9.10. The Hall–Kier alpha value is -1.49. The molecule has 1 aromatic carbocycles. The standard InChI is InChI=1S/C12H8BrF2NO/c1-7-4-12(16-6-9(7)13)17-8-2-3-10(14)11(15)5-8/h2-6H,1H3. The summed E-state index contributed by atoms with van der Waals surface area (Å²) in [5.41, 5.74) is 0.942. The lowest BCUT2D eigenvalue weighted by atomic mass is 10.3. The SMILES string of the molecule is Cc1cc(Oc2ccc(F)c(F)c2)ncc1Br. The fourth-order valence-corrected chi connectivity index (χ4v) is 1.45. The second kappa shape index (κ2) is 4.79. The Kier molecular flexibility index (Phi) is 3.38. The van der Waals surface area contributed by atoms with E-state index in [0.717, 1.165) is 22.2 Å². The lowest BCUT2D eigenvalue weighted by Crippen LogP contribution is -1.91. The summed E-state index contributed by atoms with van der Waals surface area (Å²) < 4.78 is 31.8. The molecular weight excluding hydrogens is 292 g/mol. The van der Waals surface area contributed by atoms with Gasteiger partial charge in [0.2, 0.25) is 5.88 Å². The van der Waals surface area contributed by atoms with Gasteiger partial charge in [-0.25, -0.2) is 13.8 Å². The van der Waals surface area contributed by atoms with Crippen LogP contribution in [0.5, 0.6) is 11.6 Å². The molecule has 0 aliphatic heterocycles. The van der Waals surface area contributed by atoms with Crippen molar-refractivity contribution in [3.05, 3.63) is 52.1 Å². The lowest BCUT2D eigenvalue weighted by Gasteiger charge is -2.06. The molecule has 1 aromatic heterocycles. The van der Waals surface area contributed by atoms with E-state index in [1.165, 1.54) is 6.07 Å². The Morgan fingerprint density at radius 3 is 2.59 bits per heavy atom. The monoisotopic (exact) mass is 299 g/mol. The molecule has 0 radical (unpaired) electrons. The molecule has 1 heterocycles. The minimum atomic E-state index is -0.948. The van der Waals surface area contributed by atoms with Crippen molar-refractivity contribution in [3.8, 4) is 11.6 Å². The van der Waals surface area contributed by atoms with Crippen molar-refractivity contribution >= 4 is 15.9 Å². The van der Waals surface area contributed by atoms with Crippen molar-refractivity contribution in [2.24, 2.45) is 0 Å². The van der Waals surface area contributed by atoms with E-state index in [2.05, 4.69) is 20.9 Å². The molecule has 0 saturated carbocycles. The van der Waals surface area contributed by atoms with Gasteiger partial charge in [0.1, 0.15) is 5.75 Å². The topological polar surface area (TPSA) is 22.1 Å². The van der Waals surface area contributed by atoms with E-state index in [0.29, 0.717) is 5.88 Å². The van der Waals surface area contributed by atoms with Crippen LogP contribution in [0.3, 0.4) is 0 Å². The minimum Gasteiger partial charge on any atom is -0.439 e. The van der Waals surface area contributed by atoms with E-state index in [-0.39, 0.29) is 5.75 Å². The van der Waals surface area contributed by atoms with Gasteiger partial charge in [-0.05, 0) is 40.5 Å². The first-order valence-electron chi connectivity index (χ1n) is 4.81. The van der Waals surface area contributed by atoms with Crippen LogP contribution in [0.2, 0.25) is 0 Å². The van der Waals surface area contributed by atoms with Crippen molar-refractivity contribution in [1.29, 1.82) is 0 Å². The van der Waals surface area contributed by atoms with Crippen LogP contribution >= 0.6 is 15.9 Å². The molecule has 0 amide bonds. The van der Waals surface area contributed by atoms with Crippen LogP contribution < -0.4 is 4.74 Å². The van der Waals surface area contributed by atoms with Crippen molar-refractivity contribution < 1.29 is 13.5 Å². The summed E-state index contributed by atoms with van der Waals surface area (Å²) in [5, 5.41) is 0. The molecule has 0 unspecified atom stereocenters. The number of ether oxygens (including phenoxy) is 1. The lowest BCUT2D eigenvalue weighted by molar-refractivity contribution is 0.447. The fraction of sp³-hybridized carbons (Fsp3) is 0.0833. The molecule has 88 valence electrons. The molecule has 2 aromatic rings. The van der Waals surface area contributed by atoms with Gasteiger partial charge in [0.15, 0.2) is 11.6 Å². The van der Waals surface area contributed by atoms with Gasteiger partial charge in [0.05, 0.1) is 0 Å². The summed E-state index contributed by atoms with van der Waals surface area (Å²) in [4.78, 5) is 4.00.